The van der Waals surface area contributed by atoms with Gasteiger partial charge in [-0.1, -0.05) is 30.3 Å². The van der Waals surface area contributed by atoms with Crippen LogP contribution < -0.4 is 5.43 Å². The Hall–Kier alpha value is -1.44. The van der Waals surface area contributed by atoms with E-state index < -0.39 is 15.8 Å². The molecule has 7 heteroatoms. The summed E-state index contributed by atoms with van der Waals surface area (Å²) in [4.78, 5) is 11.1. The lowest BCUT2D eigenvalue weighted by atomic mass is 10.0. The largest absolute Gasteiger partial charge is 0.481 e. The third-order valence-electron chi connectivity index (χ3n) is 3.57. The number of carbonyl (C=O) groups is 1. The standard InChI is InChI=1S/C14H20N2O4S/c1-11-10-21(19,20)8-7-16(11)15-13(9-14(17)18)12-5-3-2-4-6-12/h2-6,11,13,15H,7-10H2,1H3,(H,17,18). The monoisotopic (exact) mass is 312 g/mol. The van der Waals surface area contributed by atoms with Crippen molar-refractivity contribution in [2.24, 2.45) is 0 Å². The highest BCUT2D eigenvalue weighted by Crippen LogP contribution is 2.19. The minimum absolute atomic E-state index is 0.0556. The number of rotatable bonds is 5. The maximum absolute atomic E-state index is 11.6. The third-order valence-corrected chi connectivity index (χ3v) is 5.37. The Morgan fingerprint density at radius 2 is 2.10 bits per heavy atom. The van der Waals surface area contributed by atoms with Crippen LogP contribution in [0.4, 0.5) is 0 Å². The van der Waals surface area contributed by atoms with Crippen LogP contribution in [0.1, 0.15) is 24.9 Å². The Morgan fingerprint density at radius 3 is 2.67 bits per heavy atom. The van der Waals surface area contributed by atoms with Crippen molar-refractivity contribution in [1.29, 1.82) is 0 Å². The maximum Gasteiger partial charge on any atom is 0.305 e. The Labute approximate surface area is 124 Å². The molecule has 6 nitrogen and oxygen atoms in total. The van der Waals surface area contributed by atoms with Gasteiger partial charge in [-0.2, -0.15) is 0 Å². The Morgan fingerprint density at radius 1 is 1.43 bits per heavy atom. The summed E-state index contributed by atoms with van der Waals surface area (Å²) < 4.78 is 23.2. The topological polar surface area (TPSA) is 86.7 Å². The van der Waals surface area contributed by atoms with Gasteiger partial charge in [-0.15, -0.1) is 0 Å². The molecule has 0 radical (unpaired) electrons. The molecule has 0 bridgehead atoms. The molecule has 1 aromatic carbocycles. The smallest absolute Gasteiger partial charge is 0.305 e. The van der Waals surface area contributed by atoms with Crippen molar-refractivity contribution in [3.05, 3.63) is 35.9 Å². The zero-order valence-electron chi connectivity index (χ0n) is 11.9. The van der Waals surface area contributed by atoms with E-state index in [0.717, 1.165) is 5.56 Å². The van der Waals surface area contributed by atoms with Gasteiger partial charge in [-0.25, -0.2) is 18.9 Å². The zero-order chi connectivity index (χ0) is 15.5. The van der Waals surface area contributed by atoms with Crippen molar-refractivity contribution in [2.45, 2.75) is 25.4 Å². The van der Waals surface area contributed by atoms with Gasteiger partial charge in [0.05, 0.1) is 24.0 Å². The molecule has 0 spiro atoms. The van der Waals surface area contributed by atoms with E-state index in [1.165, 1.54) is 0 Å². The molecule has 2 atom stereocenters. The molecule has 2 unspecified atom stereocenters. The maximum atomic E-state index is 11.6. The first-order valence-corrected chi connectivity index (χ1v) is 8.69. The summed E-state index contributed by atoms with van der Waals surface area (Å²) in [6.07, 6.45) is -0.0556. The van der Waals surface area contributed by atoms with Crippen LogP contribution in [0.25, 0.3) is 0 Å². The second kappa shape index (κ2) is 6.55. The van der Waals surface area contributed by atoms with Gasteiger partial charge in [0.2, 0.25) is 0 Å². The number of nitrogens with zero attached hydrogens (tertiary/aromatic N) is 1. The molecular weight excluding hydrogens is 292 g/mol. The predicted octanol–water partition coefficient (Wildman–Crippen LogP) is 0.826. The van der Waals surface area contributed by atoms with Gasteiger partial charge in [0.1, 0.15) is 0 Å². The molecule has 0 aliphatic carbocycles. The number of hydrogen-bond donors (Lipinski definition) is 2. The van der Waals surface area contributed by atoms with E-state index >= 15 is 0 Å². The Balaban J connectivity index is 2.11. The second-order valence-electron chi connectivity index (χ2n) is 5.35. The van der Waals surface area contributed by atoms with Crippen molar-refractivity contribution in [3.63, 3.8) is 0 Å². The summed E-state index contributed by atoms with van der Waals surface area (Å²) in [6.45, 7) is 2.19. The van der Waals surface area contributed by atoms with Crippen molar-refractivity contribution < 1.29 is 18.3 Å². The van der Waals surface area contributed by atoms with Crippen molar-refractivity contribution >= 4 is 15.8 Å². The number of benzene rings is 1. The fourth-order valence-corrected chi connectivity index (χ4v) is 4.05. The van der Waals surface area contributed by atoms with E-state index in [0.29, 0.717) is 6.54 Å². The molecular formula is C14H20N2O4S. The lowest BCUT2D eigenvalue weighted by molar-refractivity contribution is -0.138. The number of carboxylic acids is 1. The Kier molecular flexibility index (Phi) is 4.97. The number of nitrogens with one attached hydrogen (secondary N) is 1. The number of carboxylic acid groups (broad SMARTS) is 1. The summed E-state index contributed by atoms with van der Waals surface area (Å²) in [6, 6.07) is 8.78. The molecule has 116 valence electrons. The van der Waals surface area contributed by atoms with Crippen LogP contribution in [0, 0.1) is 0 Å². The van der Waals surface area contributed by atoms with E-state index in [4.69, 9.17) is 5.11 Å². The van der Waals surface area contributed by atoms with E-state index in [1.807, 2.05) is 42.3 Å². The molecule has 2 N–H and O–H groups in total. The number of hydrogen-bond acceptors (Lipinski definition) is 5. The van der Waals surface area contributed by atoms with Crippen LogP contribution in [-0.4, -0.2) is 48.6 Å². The minimum atomic E-state index is -2.99. The molecule has 2 rings (SSSR count). The first-order chi connectivity index (χ1) is 9.87. The van der Waals surface area contributed by atoms with Gasteiger partial charge in [0, 0.05) is 12.6 Å². The van der Waals surface area contributed by atoms with Crippen LogP contribution >= 0.6 is 0 Å². The highest BCUT2D eigenvalue weighted by Gasteiger charge is 2.30. The average Bonchev–Trinajstić information content (AvgIpc) is 2.41. The first-order valence-electron chi connectivity index (χ1n) is 6.87. The molecule has 1 heterocycles. The highest BCUT2D eigenvalue weighted by molar-refractivity contribution is 7.91. The summed E-state index contributed by atoms with van der Waals surface area (Å²) in [5.74, 6) is -0.707. The van der Waals surface area contributed by atoms with Crippen molar-refractivity contribution in [2.75, 3.05) is 18.1 Å². The van der Waals surface area contributed by atoms with Gasteiger partial charge >= 0.3 is 5.97 Å². The van der Waals surface area contributed by atoms with E-state index in [-0.39, 0.29) is 30.0 Å². The second-order valence-corrected chi connectivity index (χ2v) is 7.58. The summed E-state index contributed by atoms with van der Waals surface area (Å²) in [5, 5.41) is 10.9. The molecule has 1 aliphatic heterocycles. The van der Waals surface area contributed by atoms with Gasteiger partial charge in [-0.05, 0) is 12.5 Å². The van der Waals surface area contributed by atoms with Crippen molar-refractivity contribution in [1.82, 2.24) is 10.4 Å². The fourth-order valence-electron chi connectivity index (χ4n) is 2.49. The van der Waals surface area contributed by atoms with Gasteiger partial charge in [-0.3, -0.25) is 4.79 Å². The molecule has 0 aromatic heterocycles. The van der Waals surface area contributed by atoms with Crippen LogP contribution in [0.5, 0.6) is 0 Å². The lowest BCUT2D eigenvalue weighted by Crippen LogP contribution is -2.54. The molecule has 1 aromatic rings. The average molecular weight is 312 g/mol. The van der Waals surface area contributed by atoms with E-state index in [1.54, 1.807) is 0 Å². The quantitative estimate of drug-likeness (QED) is 0.837. The van der Waals surface area contributed by atoms with E-state index in [2.05, 4.69) is 5.43 Å². The summed E-state index contributed by atoms with van der Waals surface area (Å²) >= 11 is 0. The summed E-state index contributed by atoms with van der Waals surface area (Å²) in [7, 11) is -2.99. The fraction of sp³-hybridized carbons (Fsp3) is 0.500. The molecule has 0 amide bonds. The molecule has 1 saturated heterocycles. The SMILES string of the molecule is CC1CS(=O)(=O)CCN1NC(CC(=O)O)c1ccccc1. The van der Waals surface area contributed by atoms with Gasteiger partial charge in [0.15, 0.2) is 9.84 Å². The van der Waals surface area contributed by atoms with Crippen LogP contribution in [0.2, 0.25) is 0 Å². The van der Waals surface area contributed by atoms with Crippen LogP contribution in [0.3, 0.4) is 0 Å². The minimum Gasteiger partial charge on any atom is -0.481 e. The van der Waals surface area contributed by atoms with Gasteiger partial charge in [0.25, 0.3) is 0 Å². The van der Waals surface area contributed by atoms with Crippen LogP contribution in [-0.2, 0) is 14.6 Å². The van der Waals surface area contributed by atoms with E-state index in [9.17, 15) is 13.2 Å². The highest BCUT2D eigenvalue weighted by atomic mass is 32.2. The number of hydrazine groups is 1. The third kappa shape index (κ3) is 4.52. The van der Waals surface area contributed by atoms with Gasteiger partial charge < -0.3 is 5.11 Å². The predicted molar refractivity (Wildman–Crippen MR) is 79.4 cm³/mol. The first kappa shape index (κ1) is 15.9. The number of sulfone groups is 1. The molecule has 21 heavy (non-hydrogen) atoms. The zero-order valence-corrected chi connectivity index (χ0v) is 12.7. The molecule has 0 saturated carbocycles. The molecule has 1 fully saturated rings. The van der Waals surface area contributed by atoms with Crippen LogP contribution in [0.15, 0.2) is 30.3 Å². The summed E-state index contributed by atoms with van der Waals surface area (Å²) in [5.41, 5.74) is 4.05. The normalized spacial score (nSPS) is 23.6. The number of aliphatic carboxylic acids is 1. The molecule has 1 aliphatic rings. The van der Waals surface area contributed by atoms with Crippen molar-refractivity contribution in [3.8, 4) is 0 Å². The lowest BCUT2D eigenvalue weighted by Gasteiger charge is -2.36. The Bertz CT molecular complexity index is 588.